The first-order chi connectivity index (χ1) is 9.80. The molecule has 0 saturated carbocycles. The van der Waals surface area contributed by atoms with Crippen LogP contribution in [0.2, 0.25) is 0 Å². The third kappa shape index (κ3) is 1.94. The van der Waals surface area contributed by atoms with Crippen molar-refractivity contribution in [1.29, 1.82) is 0 Å². The van der Waals surface area contributed by atoms with E-state index in [1.54, 1.807) is 17.0 Å². The summed E-state index contributed by atoms with van der Waals surface area (Å²) in [5, 5.41) is 3.85. The number of amides is 1. The van der Waals surface area contributed by atoms with Crippen LogP contribution in [-0.2, 0) is 16.8 Å². The molecule has 0 spiro atoms. The minimum Gasteiger partial charge on any atom is -0.397 e. The van der Waals surface area contributed by atoms with Crippen LogP contribution in [0.25, 0.3) is 0 Å². The van der Waals surface area contributed by atoms with E-state index >= 15 is 0 Å². The molecule has 0 atom stereocenters. The second kappa shape index (κ2) is 4.25. The Morgan fingerprint density at radius 3 is 2.52 bits per heavy atom. The van der Waals surface area contributed by atoms with Crippen molar-refractivity contribution in [3.8, 4) is 0 Å². The molecule has 110 valence electrons. The third-order valence-electron chi connectivity index (χ3n) is 3.94. The first kappa shape index (κ1) is 13.5. The Balaban J connectivity index is 2.07. The van der Waals surface area contributed by atoms with Gasteiger partial charge in [0.05, 0.1) is 34.7 Å². The number of anilines is 3. The van der Waals surface area contributed by atoms with Crippen molar-refractivity contribution in [1.82, 2.24) is 5.16 Å². The molecule has 6 nitrogen and oxygen atoms in total. The largest absolute Gasteiger partial charge is 0.397 e. The standard InChI is InChI=1S/C15H18N4O2/c1-8-4-9(21-18-8)7-19-13-6-12(17)11(16)5-10(13)15(2,3)14(19)20/h4-6H,7,16-17H2,1-3H3. The number of nitrogen functional groups attached to an aromatic ring is 2. The Morgan fingerprint density at radius 2 is 1.90 bits per heavy atom. The van der Waals surface area contributed by atoms with Crippen molar-refractivity contribution < 1.29 is 9.32 Å². The van der Waals surface area contributed by atoms with Crippen molar-refractivity contribution in [2.45, 2.75) is 32.7 Å². The molecule has 21 heavy (non-hydrogen) atoms. The molecule has 3 rings (SSSR count). The molecule has 0 unspecified atom stereocenters. The van der Waals surface area contributed by atoms with Gasteiger partial charge in [0.15, 0.2) is 5.76 Å². The van der Waals surface area contributed by atoms with E-state index in [0.29, 0.717) is 23.7 Å². The van der Waals surface area contributed by atoms with Gasteiger partial charge in [-0.3, -0.25) is 4.79 Å². The van der Waals surface area contributed by atoms with E-state index in [9.17, 15) is 4.79 Å². The number of hydrogen-bond acceptors (Lipinski definition) is 5. The normalized spacial score (nSPS) is 16.3. The summed E-state index contributed by atoms with van der Waals surface area (Å²) >= 11 is 0. The number of benzene rings is 1. The van der Waals surface area contributed by atoms with E-state index in [-0.39, 0.29) is 5.91 Å². The second-order valence-electron chi connectivity index (χ2n) is 5.95. The maximum absolute atomic E-state index is 12.7. The molecule has 0 saturated heterocycles. The van der Waals surface area contributed by atoms with Crippen LogP contribution >= 0.6 is 0 Å². The lowest BCUT2D eigenvalue weighted by molar-refractivity contribution is -0.122. The molecule has 1 aromatic heterocycles. The van der Waals surface area contributed by atoms with Gasteiger partial charge in [0, 0.05) is 6.07 Å². The van der Waals surface area contributed by atoms with Crippen LogP contribution in [-0.4, -0.2) is 11.1 Å². The van der Waals surface area contributed by atoms with Crippen LogP contribution in [0.1, 0.15) is 30.9 Å². The van der Waals surface area contributed by atoms with Gasteiger partial charge in [0.25, 0.3) is 0 Å². The molecular weight excluding hydrogens is 268 g/mol. The van der Waals surface area contributed by atoms with E-state index < -0.39 is 5.41 Å². The molecule has 2 heterocycles. The predicted octanol–water partition coefficient (Wildman–Crippen LogP) is 1.97. The molecule has 2 aromatic rings. The number of aromatic nitrogens is 1. The van der Waals surface area contributed by atoms with Crippen LogP contribution < -0.4 is 16.4 Å². The first-order valence-electron chi connectivity index (χ1n) is 6.74. The summed E-state index contributed by atoms with van der Waals surface area (Å²) in [7, 11) is 0. The summed E-state index contributed by atoms with van der Waals surface area (Å²) < 4.78 is 5.21. The fourth-order valence-electron chi connectivity index (χ4n) is 2.71. The Hall–Kier alpha value is -2.50. The molecule has 0 aliphatic carbocycles. The van der Waals surface area contributed by atoms with Crippen LogP contribution in [0.4, 0.5) is 17.1 Å². The van der Waals surface area contributed by atoms with Crippen LogP contribution in [0.3, 0.4) is 0 Å². The Bertz CT molecular complexity index is 733. The quantitative estimate of drug-likeness (QED) is 0.822. The van der Waals surface area contributed by atoms with E-state index in [4.69, 9.17) is 16.0 Å². The smallest absolute Gasteiger partial charge is 0.237 e. The molecule has 0 radical (unpaired) electrons. The van der Waals surface area contributed by atoms with Gasteiger partial charge >= 0.3 is 0 Å². The van der Waals surface area contributed by atoms with Gasteiger partial charge < -0.3 is 20.9 Å². The fourth-order valence-corrected chi connectivity index (χ4v) is 2.71. The van der Waals surface area contributed by atoms with Crippen molar-refractivity contribution in [3.63, 3.8) is 0 Å². The lowest BCUT2D eigenvalue weighted by Gasteiger charge is -2.19. The highest BCUT2D eigenvalue weighted by atomic mass is 16.5. The summed E-state index contributed by atoms with van der Waals surface area (Å²) in [5.41, 5.74) is 14.5. The number of carbonyl (C=O) groups is 1. The Kier molecular flexibility index (Phi) is 2.73. The number of nitrogens with zero attached hydrogens (tertiary/aromatic N) is 2. The maximum Gasteiger partial charge on any atom is 0.237 e. The third-order valence-corrected chi connectivity index (χ3v) is 3.94. The molecule has 4 N–H and O–H groups in total. The van der Waals surface area contributed by atoms with Crippen LogP contribution in [0.5, 0.6) is 0 Å². The zero-order chi connectivity index (χ0) is 15.4. The first-order valence-corrected chi connectivity index (χ1v) is 6.74. The molecule has 0 fully saturated rings. The summed E-state index contributed by atoms with van der Waals surface area (Å²) in [6.07, 6.45) is 0. The molecule has 1 aromatic carbocycles. The average molecular weight is 286 g/mol. The zero-order valence-corrected chi connectivity index (χ0v) is 12.3. The van der Waals surface area contributed by atoms with E-state index in [2.05, 4.69) is 5.16 Å². The minimum atomic E-state index is -0.633. The summed E-state index contributed by atoms with van der Waals surface area (Å²) in [6.45, 7) is 5.94. The number of carbonyl (C=O) groups excluding carboxylic acids is 1. The number of rotatable bonds is 2. The lowest BCUT2D eigenvalue weighted by atomic mass is 9.86. The number of nitrogens with two attached hydrogens (primary N) is 2. The van der Waals surface area contributed by atoms with E-state index in [1.165, 1.54) is 0 Å². The molecular formula is C15H18N4O2. The topological polar surface area (TPSA) is 98.4 Å². The Morgan fingerprint density at radius 1 is 1.24 bits per heavy atom. The van der Waals surface area contributed by atoms with Gasteiger partial charge in [-0.05, 0) is 38.5 Å². The number of fused-ring (bicyclic) bond motifs is 1. The summed E-state index contributed by atoms with van der Waals surface area (Å²) in [5.74, 6) is 0.636. The van der Waals surface area contributed by atoms with Gasteiger partial charge in [-0.15, -0.1) is 0 Å². The van der Waals surface area contributed by atoms with Crippen molar-refractivity contribution in [3.05, 3.63) is 35.2 Å². The highest BCUT2D eigenvalue weighted by molar-refractivity contribution is 6.08. The Labute approximate surface area is 122 Å². The predicted molar refractivity (Wildman–Crippen MR) is 80.7 cm³/mol. The monoisotopic (exact) mass is 286 g/mol. The molecule has 0 bridgehead atoms. The zero-order valence-electron chi connectivity index (χ0n) is 12.3. The lowest BCUT2D eigenvalue weighted by Crippen LogP contribution is -2.35. The highest BCUT2D eigenvalue weighted by Gasteiger charge is 2.44. The van der Waals surface area contributed by atoms with Gasteiger partial charge in [-0.2, -0.15) is 0 Å². The number of hydrogen-bond donors (Lipinski definition) is 2. The minimum absolute atomic E-state index is 0.00319. The van der Waals surface area contributed by atoms with Crippen molar-refractivity contribution in [2.24, 2.45) is 0 Å². The summed E-state index contributed by atoms with van der Waals surface area (Å²) in [6, 6.07) is 5.35. The van der Waals surface area contributed by atoms with Gasteiger partial charge in [-0.1, -0.05) is 5.16 Å². The van der Waals surface area contributed by atoms with Crippen molar-refractivity contribution >= 4 is 23.0 Å². The maximum atomic E-state index is 12.7. The van der Waals surface area contributed by atoms with Gasteiger partial charge in [0.1, 0.15) is 0 Å². The SMILES string of the molecule is Cc1cc(CN2C(=O)C(C)(C)c3cc(N)c(N)cc32)on1. The molecule has 1 amide bonds. The molecule has 1 aliphatic rings. The second-order valence-corrected chi connectivity index (χ2v) is 5.95. The molecule has 1 aliphatic heterocycles. The fraction of sp³-hybridized carbons (Fsp3) is 0.333. The van der Waals surface area contributed by atoms with E-state index in [1.807, 2.05) is 26.8 Å². The van der Waals surface area contributed by atoms with Gasteiger partial charge in [-0.25, -0.2) is 0 Å². The average Bonchev–Trinajstić information content (AvgIpc) is 2.89. The van der Waals surface area contributed by atoms with E-state index in [0.717, 1.165) is 16.9 Å². The van der Waals surface area contributed by atoms with Crippen LogP contribution in [0.15, 0.2) is 22.7 Å². The van der Waals surface area contributed by atoms with Crippen LogP contribution in [0, 0.1) is 6.92 Å². The van der Waals surface area contributed by atoms with Crippen molar-refractivity contribution in [2.75, 3.05) is 16.4 Å². The molecule has 6 heteroatoms. The summed E-state index contributed by atoms with van der Waals surface area (Å²) in [4.78, 5) is 14.4. The van der Waals surface area contributed by atoms with Gasteiger partial charge in [0.2, 0.25) is 5.91 Å². The number of aryl methyl sites for hydroxylation is 1. The highest BCUT2D eigenvalue weighted by Crippen LogP contribution is 2.44.